The van der Waals surface area contributed by atoms with E-state index < -0.39 is 0 Å². The number of aromatic nitrogens is 1. The average Bonchev–Trinajstić information content (AvgIpc) is 3.60. The van der Waals surface area contributed by atoms with E-state index in [1.807, 2.05) is 42.6 Å². The largest absolute Gasteiger partial charge is 0.497 e. The zero-order valence-electron chi connectivity index (χ0n) is 19.7. The lowest BCUT2D eigenvalue weighted by molar-refractivity contribution is -0.126. The smallest absolute Gasteiger partial charge is 0.289 e. The molecule has 7 heteroatoms. The van der Waals surface area contributed by atoms with Crippen LogP contribution in [0.25, 0.3) is 10.9 Å². The number of carbonyl (C=O) groups is 2. The topological polar surface area (TPSA) is 87.6 Å². The van der Waals surface area contributed by atoms with Gasteiger partial charge in [-0.05, 0) is 54.3 Å². The standard InChI is InChI=1S/C28H29N3O4/c1-34-21-12-10-19(11-13-21)23(24-17-29-25-8-3-2-7-22(24)25)16-30-27(32)20-6-4-14-31(18-20)28(33)26-9-5-15-35-26/h2-3,5,7-13,15,17,20,23,29H,4,6,14,16,18H2,1H3,(H,30,32)/t20-,23-/m1/s1. The van der Waals surface area contributed by atoms with Gasteiger partial charge >= 0.3 is 0 Å². The Morgan fingerprint density at radius 1 is 1.14 bits per heavy atom. The molecular weight excluding hydrogens is 442 g/mol. The summed E-state index contributed by atoms with van der Waals surface area (Å²) in [7, 11) is 1.65. The molecule has 2 atom stereocenters. The molecule has 4 aromatic rings. The number of H-pyrrole nitrogens is 1. The van der Waals surface area contributed by atoms with Crippen molar-refractivity contribution in [2.75, 3.05) is 26.7 Å². The van der Waals surface area contributed by atoms with E-state index in [1.165, 1.54) is 6.26 Å². The monoisotopic (exact) mass is 471 g/mol. The Bertz CT molecular complexity index is 1290. The lowest BCUT2D eigenvalue weighted by Gasteiger charge is -2.32. The summed E-state index contributed by atoms with van der Waals surface area (Å²) in [6.07, 6.45) is 5.06. The van der Waals surface area contributed by atoms with Gasteiger partial charge in [0.05, 0.1) is 19.3 Å². The van der Waals surface area contributed by atoms with Crippen LogP contribution >= 0.6 is 0 Å². The van der Waals surface area contributed by atoms with Crippen molar-refractivity contribution >= 4 is 22.7 Å². The summed E-state index contributed by atoms with van der Waals surface area (Å²) in [6.45, 7) is 1.48. The van der Waals surface area contributed by atoms with Crippen LogP contribution in [-0.2, 0) is 4.79 Å². The highest BCUT2D eigenvalue weighted by Crippen LogP contribution is 2.31. The number of hydrogen-bond acceptors (Lipinski definition) is 4. The first-order valence-electron chi connectivity index (χ1n) is 11.9. The van der Waals surface area contributed by atoms with Crippen LogP contribution in [0, 0.1) is 5.92 Å². The lowest BCUT2D eigenvalue weighted by Crippen LogP contribution is -2.46. The van der Waals surface area contributed by atoms with Crippen molar-refractivity contribution < 1.29 is 18.7 Å². The Balaban J connectivity index is 1.33. The van der Waals surface area contributed by atoms with Crippen LogP contribution in [0.15, 0.2) is 77.5 Å². The summed E-state index contributed by atoms with van der Waals surface area (Å²) >= 11 is 0. The van der Waals surface area contributed by atoms with Crippen LogP contribution < -0.4 is 10.1 Å². The maximum absolute atomic E-state index is 13.2. The minimum Gasteiger partial charge on any atom is -0.497 e. The fourth-order valence-corrected chi connectivity index (χ4v) is 4.90. The summed E-state index contributed by atoms with van der Waals surface area (Å²) in [5.74, 6) is 0.624. The van der Waals surface area contributed by atoms with Crippen LogP contribution in [-0.4, -0.2) is 48.4 Å². The molecule has 1 saturated heterocycles. The second-order valence-corrected chi connectivity index (χ2v) is 8.93. The number of carbonyl (C=O) groups excluding carboxylic acids is 2. The minimum atomic E-state index is -0.248. The van der Waals surface area contributed by atoms with E-state index in [0.717, 1.165) is 40.6 Å². The van der Waals surface area contributed by atoms with E-state index in [-0.39, 0.29) is 23.7 Å². The van der Waals surface area contributed by atoms with Crippen LogP contribution in [0.2, 0.25) is 0 Å². The summed E-state index contributed by atoms with van der Waals surface area (Å²) in [6, 6.07) is 19.5. The SMILES string of the molecule is COc1ccc([C@@H](CNC(=O)[C@@H]2CCCN(C(=O)c3ccco3)C2)c2c[nH]c3ccccc23)cc1. The van der Waals surface area contributed by atoms with Crippen molar-refractivity contribution in [1.82, 2.24) is 15.2 Å². The van der Waals surface area contributed by atoms with E-state index in [2.05, 4.69) is 22.4 Å². The van der Waals surface area contributed by atoms with E-state index in [1.54, 1.807) is 24.1 Å². The number of methoxy groups -OCH3 is 1. The molecule has 7 nitrogen and oxygen atoms in total. The molecule has 0 aliphatic carbocycles. The normalized spacial score (nSPS) is 16.7. The Labute approximate surface area is 204 Å². The number of furan rings is 1. The van der Waals surface area contributed by atoms with Gasteiger partial charge in [-0.1, -0.05) is 30.3 Å². The summed E-state index contributed by atoms with van der Waals surface area (Å²) in [5, 5.41) is 4.32. The van der Waals surface area contributed by atoms with Crippen LogP contribution in [0.1, 0.15) is 40.4 Å². The third-order valence-electron chi connectivity index (χ3n) is 6.81. The molecule has 2 amide bonds. The first kappa shape index (κ1) is 22.8. The molecule has 0 bridgehead atoms. The first-order chi connectivity index (χ1) is 17.1. The third kappa shape index (κ3) is 4.80. The fraction of sp³-hybridized carbons (Fsp3) is 0.286. The molecule has 1 aliphatic rings. The van der Waals surface area contributed by atoms with Gasteiger partial charge < -0.3 is 24.4 Å². The molecule has 1 aliphatic heterocycles. The van der Waals surface area contributed by atoms with E-state index >= 15 is 0 Å². The number of para-hydroxylation sites is 1. The zero-order chi connectivity index (χ0) is 24.2. The Hall–Kier alpha value is -4.00. The predicted octanol–water partition coefficient (Wildman–Crippen LogP) is 4.57. The number of nitrogens with zero attached hydrogens (tertiary/aromatic N) is 1. The number of piperidine rings is 1. The highest BCUT2D eigenvalue weighted by atomic mass is 16.5. The van der Waals surface area contributed by atoms with E-state index in [0.29, 0.717) is 25.4 Å². The molecule has 5 rings (SSSR count). The number of rotatable bonds is 7. The highest BCUT2D eigenvalue weighted by molar-refractivity contribution is 5.92. The van der Waals surface area contributed by atoms with Crippen molar-refractivity contribution in [1.29, 1.82) is 0 Å². The molecular formula is C28H29N3O4. The van der Waals surface area contributed by atoms with Gasteiger partial charge in [-0.15, -0.1) is 0 Å². The van der Waals surface area contributed by atoms with E-state index in [9.17, 15) is 9.59 Å². The van der Waals surface area contributed by atoms with E-state index in [4.69, 9.17) is 9.15 Å². The molecule has 0 spiro atoms. The first-order valence-corrected chi connectivity index (χ1v) is 11.9. The molecule has 0 unspecified atom stereocenters. The third-order valence-corrected chi connectivity index (χ3v) is 6.81. The molecule has 1 fully saturated rings. The quantitative estimate of drug-likeness (QED) is 0.413. The molecule has 35 heavy (non-hydrogen) atoms. The molecule has 0 saturated carbocycles. The number of hydrogen-bond donors (Lipinski definition) is 2. The summed E-state index contributed by atoms with van der Waals surface area (Å²) in [5.41, 5.74) is 3.28. The molecule has 2 N–H and O–H groups in total. The zero-order valence-corrected chi connectivity index (χ0v) is 19.7. The average molecular weight is 472 g/mol. The summed E-state index contributed by atoms with van der Waals surface area (Å²) in [4.78, 5) is 31.0. The second-order valence-electron chi connectivity index (χ2n) is 8.93. The van der Waals surface area contributed by atoms with Crippen LogP contribution in [0.4, 0.5) is 0 Å². The maximum Gasteiger partial charge on any atom is 0.289 e. The fourth-order valence-electron chi connectivity index (χ4n) is 4.90. The second kappa shape index (κ2) is 10.1. The molecule has 0 radical (unpaired) electrons. The van der Waals surface area contributed by atoms with Crippen molar-refractivity contribution in [3.63, 3.8) is 0 Å². The van der Waals surface area contributed by atoms with Crippen molar-refractivity contribution in [2.24, 2.45) is 5.92 Å². The van der Waals surface area contributed by atoms with Gasteiger partial charge in [0.1, 0.15) is 5.75 Å². The van der Waals surface area contributed by atoms with Crippen LogP contribution in [0.3, 0.4) is 0 Å². The molecule has 2 aromatic heterocycles. The Kier molecular flexibility index (Phi) is 6.57. The lowest BCUT2D eigenvalue weighted by atomic mass is 9.90. The van der Waals surface area contributed by atoms with Gasteiger partial charge in [0.15, 0.2) is 5.76 Å². The van der Waals surface area contributed by atoms with Crippen molar-refractivity contribution in [2.45, 2.75) is 18.8 Å². The Morgan fingerprint density at radius 3 is 2.74 bits per heavy atom. The predicted molar refractivity (Wildman–Crippen MR) is 133 cm³/mol. The maximum atomic E-state index is 13.2. The van der Waals surface area contributed by atoms with Gasteiger partial charge in [0, 0.05) is 42.7 Å². The summed E-state index contributed by atoms with van der Waals surface area (Å²) < 4.78 is 10.6. The number of aromatic amines is 1. The minimum absolute atomic E-state index is 0.0275. The number of likely N-dealkylation sites (tertiary alicyclic amines) is 1. The van der Waals surface area contributed by atoms with Gasteiger partial charge in [0.25, 0.3) is 5.91 Å². The highest BCUT2D eigenvalue weighted by Gasteiger charge is 2.30. The number of nitrogens with one attached hydrogen (secondary N) is 2. The van der Waals surface area contributed by atoms with Gasteiger partial charge in [-0.2, -0.15) is 0 Å². The van der Waals surface area contributed by atoms with Crippen molar-refractivity contribution in [3.8, 4) is 5.75 Å². The number of ether oxygens (including phenoxy) is 1. The number of amides is 2. The van der Waals surface area contributed by atoms with Gasteiger partial charge in [0.2, 0.25) is 5.91 Å². The van der Waals surface area contributed by atoms with Crippen LogP contribution in [0.5, 0.6) is 5.75 Å². The molecule has 3 heterocycles. The van der Waals surface area contributed by atoms with Crippen molar-refractivity contribution in [3.05, 3.63) is 90.0 Å². The Morgan fingerprint density at radius 2 is 1.97 bits per heavy atom. The number of fused-ring (bicyclic) bond motifs is 1. The molecule has 2 aromatic carbocycles. The molecule has 180 valence electrons. The van der Waals surface area contributed by atoms with Gasteiger partial charge in [-0.25, -0.2) is 0 Å². The number of benzene rings is 2. The van der Waals surface area contributed by atoms with Gasteiger partial charge in [-0.3, -0.25) is 9.59 Å².